The second kappa shape index (κ2) is 8.96. The predicted molar refractivity (Wildman–Crippen MR) is 90.4 cm³/mol. The molecular formula is C18H25NO5. The lowest BCUT2D eigenvalue weighted by Gasteiger charge is -2.21. The molecule has 0 aliphatic carbocycles. The molecule has 0 spiro atoms. The van der Waals surface area contributed by atoms with Gasteiger partial charge in [-0.25, -0.2) is 4.79 Å². The SMILES string of the molecule is C=C(O)C(CCC(=O)OC(C)(C)C)NC(=O)OCc1ccccc1. The Morgan fingerprint density at radius 2 is 1.88 bits per heavy atom. The van der Waals surface area contributed by atoms with Gasteiger partial charge in [0.05, 0.1) is 6.04 Å². The van der Waals surface area contributed by atoms with E-state index in [0.717, 1.165) is 5.56 Å². The number of carbonyl (C=O) groups excluding carboxylic acids is 2. The summed E-state index contributed by atoms with van der Waals surface area (Å²) < 4.78 is 10.3. The van der Waals surface area contributed by atoms with Crippen LogP contribution in [0.3, 0.4) is 0 Å². The lowest BCUT2D eigenvalue weighted by Crippen LogP contribution is -2.37. The Morgan fingerprint density at radius 1 is 1.25 bits per heavy atom. The van der Waals surface area contributed by atoms with Crippen LogP contribution in [0.5, 0.6) is 0 Å². The molecule has 0 heterocycles. The second-order valence-electron chi connectivity index (χ2n) is 6.38. The number of aliphatic hydroxyl groups is 1. The van der Waals surface area contributed by atoms with E-state index >= 15 is 0 Å². The molecule has 6 nitrogen and oxygen atoms in total. The number of ether oxygens (including phenoxy) is 2. The van der Waals surface area contributed by atoms with Gasteiger partial charge in [-0.1, -0.05) is 36.9 Å². The summed E-state index contributed by atoms with van der Waals surface area (Å²) in [7, 11) is 0. The highest BCUT2D eigenvalue weighted by Gasteiger charge is 2.21. The molecule has 0 radical (unpaired) electrons. The largest absolute Gasteiger partial charge is 0.511 e. The van der Waals surface area contributed by atoms with E-state index in [0.29, 0.717) is 0 Å². The van der Waals surface area contributed by atoms with Crippen molar-refractivity contribution in [1.29, 1.82) is 0 Å². The molecule has 132 valence electrons. The van der Waals surface area contributed by atoms with Crippen molar-refractivity contribution in [3.63, 3.8) is 0 Å². The minimum Gasteiger partial charge on any atom is -0.511 e. The predicted octanol–water partition coefficient (Wildman–Crippen LogP) is 3.48. The quantitative estimate of drug-likeness (QED) is 0.589. The Balaban J connectivity index is 2.43. The minimum atomic E-state index is -0.777. The summed E-state index contributed by atoms with van der Waals surface area (Å²) in [6, 6.07) is 8.44. The molecule has 1 atom stereocenters. The Labute approximate surface area is 142 Å². The number of esters is 1. The number of aliphatic hydroxyl groups excluding tert-OH is 1. The fourth-order valence-electron chi connectivity index (χ4n) is 1.88. The van der Waals surface area contributed by atoms with Crippen LogP contribution in [0.25, 0.3) is 0 Å². The lowest BCUT2D eigenvalue weighted by molar-refractivity contribution is -0.155. The van der Waals surface area contributed by atoms with Gasteiger partial charge in [0.2, 0.25) is 0 Å². The highest BCUT2D eigenvalue weighted by molar-refractivity contribution is 5.71. The number of hydrogen-bond acceptors (Lipinski definition) is 5. The fourth-order valence-corrected chi connectivity index (χ4v) is 1.88. The molecule has 24 heavy (non-hydrogen) atoms. The zero-order chi connectivity index (χ0) is 18.2. The van der Waals surface area contributed by atoms with Crippen molar-refractivity contribution in [2.45, 2.75) is 51.9 Å². The fraction of sp³-hybridized carbons (Fsp3) is 0.444. The molecule has 0 fully saturated rings. The number of alkyl carbamates (subject to hydrolysis) is 1. The van der Waals surface area contributed by atoms with Crippen LogP contribution in [-0.4, -0.2) is 28.8 Å². The zero-order valence-corrected chi connectivity index (χ0v) is 14.4. The summed E-state index contributed by atoms with van der Waals surface area (Å²) in [6.45, 7) is 8.84. The standard InChI is InChI=1S/C18H25NO5/c1-13(20)15(10-11-16(21)24-18(2,3)4)19-17(22)23-12-14-8-6-5-7-9-14/h5-9,15,20H,1,10-12H2,2-4H3,(H,19,22). The van der Waals surface area contributed by atoms with E-state index in [2.05, 4.69) is 11.9 Å². The van der Waals surface area contributed by atoms with Crippen molar-refractivity contribution in [2.24, 2.45) is 0 Å². The first kappa shape index (κ1) is 19.5. The number of benzene rings is 1. The van der Waals surface area contributed by atoms with E-state index in [9.17, 15) is 14.7 Å². The molecule has 0 aromatic heterocycles. The maximum atomic E-state index is 11.8. The summed E-state index contributed by atoms with van der Waals surface area (Å²) in [5, 5.41) is 12.1. The van der Waals surface area contributed by atoms with Crippen molar-refractivity contribution in [2.75, 3.05) is 0 Å². The first-order valence-corrected chi connectivity index (χ1v) is 7.74. The maximum absolute atomic E-state index is 11.8. The summed E-state index contributed by atoms with van der Waals surface area (Å²) >= 11 is 0. The summed E-state index contributed by atoms with van der Waals surface area (Å²) in [6.07, 6.45) is -0.478. The molecule has 0 aliphatic heterocycles. The van der Waals surface area contributed by atoms with E-state index in [1.807, 2.05) is 30.3 Å². The third-order valence-corrected chi connectivity index (χ3v) is 2.96. The van der Waals surface area contributed by atoms with Gasteiger partial charge >= 0.3 is 12.1 Å². The number of amides is 1. The van der Waals surface area contributed by atoms with E-state index in [1.165, 1.54) is 0 Å². The third kappa shape index (κ3) is 8.22. The van der Waals surface area contributed by atoms with E-state index < -0.39 is 23.7 Å². The van der Waals surface area contributed by atoms with Gasteiger partial charge in [-0.3, -0.25) is 4.79 Å². The molecule has 1 aromatic rings. The van der Waals surface area contributed by atoms with Crippen LogP contribution >= 0.6 is 0 Å². The summed E-state index contributed by atoms with van der Waals surface area (Å²) in [5.41, 5.74) is 0.269. The number of nitrogens with one attached hydrogen (secondary N) is 1. The van der Waals surface area contributed by atoms with E-state index in [-0.39, 0.29) is 25.2 Å². The molecule has 0 saturated heterocycles. The highest BCUT2D eigenvalue weighted by atomic mass is 16.6. The average molecular weight is 335 g/mol. The molecule has 0 saturated carbocycles. The first-order valence-electron chi connectivity index (χ1n) is 7.74. The smallest absolute Gasteiger partial charge is 0.408 e. The second-order valence-corrected chi connectivity index (χ2v) is 6.38. The minimum absolute atomic E-state index is 0.0421. The summed E-state index contributed by atoms with van der Waals surface area (Å²) in [4.78, 5) is 23.5. The molecule has 6 heteroatoms. The lowest BCUT2D eigenvalue weighted by atomic mass is 10.1. The maximum Gasteiger partial charge on any atom is 0.408 e. The van der Waals surface area contributed by atoms with E-state index in [4.69, 9.17) is 9.47 Å². The normalized spacial score (nSPS) is 12.1. The molecule has 1 amide bonds. The third-order valence-electron chi connectivity index (χ3n) is 2.96. The number of carbonyl (C=O) groups is 2. The van der Waals surface area contributed by atoms with Gasteiger partial charge in [0.15, 0.2) is 0 Å². The molecule has 0 aliphatic rings. The van der Waals surface area contributed by atoms with Crippen LogP contribution in [-0.2, 0) is 20.9 Å². The van der Waals surface area contributed by atoms with Crippen molar-refractivity contribution in [3.8, 4) is 0 Å². The average Bonchev–Trinajstić information content (AvgIpc) is 2.48. The monoisotopic (exact) mass is 335 g/mol. The van der Waals surface area contributed by atoms with Crippen LogP contribution in [0, 0.1) is 0 Å². The molecule has 1 unspecified atom stereocenters. The summed E-state index contributed by atoms with van der Waals surface area (Å²) in [5.74, 6) is -0.650. The Morgan fingerprint density at radius 3 is 2.42 bits per heavy atom. The van der Waals surface area contributed by atoms with Crippen LogP contribution < -0.4 is 5.32 Å². The van der Waals surface area contributed by atoms with Gasteiger partial charge in [-0.2, -0.15) is 0 Å². The highest BCUT2D eigenvalue weighted by Crippen LogP contribution is 2.12. The van der Waals surface area contributed by atoms with Crippen molar-refractivity contribution in [3.05, 3.63) is 48.2 Å². The number of rotatable bonds is 7. The molecule has 0 bridgehead atoms. The van der Waals surface area contributed by atoms with Gasteiger partial charge in [0, 0.05) is 6.42 Å². The van der Waals surface area contributed by atoms with Crippen LogP contribution in [0.15, 0.2) is 42.7 Å². The van der Waals surface area contributed by atoms with Crippen molar-refractivity contribution < 1.29 is 24.2 Å². The van der Waals surface area contributed by atoms with Crippen molar-refractivity contribution >= 4 is 12.1 Å². The molecular weight excluding hydrogens is 310 g/mol. The van der Waals surface area contributed by atoms with Crippen molar-refractivity contribution in [1.82, 2.24) is 5.32 Å². The topological polar surface area (TPSA) is 84.9 Å². The molecule has 1 aromatic carbocycles. The Bertz CT molecular complexity index is 563. The van der Waals surface area contributed by atoms with Crippen LogP contribution in [0.4, 0.5) is 4.79 Å². The van der Waals surface area contributed by atoms with Gasteiger partial charge in [-0.05, 0) is 32.8 Å². The Hall–Kier alpha value is -2.50. The van der Waals surface area contributed by atoms with Gasteiger partial charge in [-0.15, -0.1) is 0 Å². The van der Waals surface area contributed by atoms with Gasteiger partial charge in [0.25, 0.3) is 0 Å². The van der Waals surface area contributed by atoms with E-state index in [1.54, 1.807) is 20.8 Å². The first-order chi connectivity index (χ1) is 11.2. The van der Waals surface area contributed by atoms with Gasteiger partial charge < -0.3 is 19.9 Å². The van der Waals surface area contributed by atoms with Crippen LogP contribution in [0.1, 0.15) is 39.2 Å². The zero-order valence-electron chi connectivity index (χ0n) is 14.4. The van der Waals surface area contributed by atoms with Gasteiger partial charge in [0.1, 0.15) is 18.0 Å². The molecule has 1 rings (SSSR count). The molecule has 2 N–H and O–H groups in total. The Kier molecular flexibility index (Phi) is 7.30. The van der Waals surface area contributed by atoms with Crippen LogP contribution in [0.2, 0.25) is 0 Å². The number of hydrogen-bond donors (Lipinski definition) is 2.